The van der Waals surface area contributed by atoms with E-state index in [2.05, 4.69) is 5.32 Å². The van der Waals surface area contributed by atoms with Crippen molar-refractivity contribution in [2.24, 2.45) is 5.14 Å². The highest BCUT2D eigenvalue weighted by Gasteiger charge is 2.21. The molecule has 21 heavy (non-hydrogen) atoms. The van der Waals surface area contributed by atoms with Gasteiger partial charge in [0.25, 0.3) is 5.91 Å². The van der Waals surface area contributed by atoms with Crippen LogP contribution in [0.25, 0.3) is 0 Å². The van der Waals surface area contributed by atoms with Gasteiger partial charge in [0.15, 0.2) is 0 Å². The first kappa shape index (κ1) is 16.2. The fourth-order valence-electron chi connectivity index (χ4n) is 2.29. The molecule has 1 atom stereocenters. The third kappa shape index (κ3) is 3.94. The van der Waals surface area contributed by atoms with E-state index in [0.717, 1.165) is 12.8 Å². The van der Waals surface area contributed by atoms with E-state index in [-0.39, 0.29) is 27.1 Å². The maximum Gasteiger partial charge on any atom is 0.251 e. The first-order chi connectivity index (χ1) is 9.79. The molecule has 2 rings (SSSR count). The minimum absolute atomic E-state index is 0.00570. The Morgan fingerprint density at radius 1 is 1.52 bits per heavy atom. The number of hydrogen-bond acceptors (Lipinski definition) is 4. The lowest BCUT2D eigenvalue weighted by Crippen LogP contribution is -2.32. The number of amides is 1. The number of ether oxygens (including phenoxy) is 1. The van der Waals surface area contributed by atoms with Gasteiger partial charge in [-0.05, 0) is 37.5 Å². The second kappa shape index (κ2) is 6.31. The normalized spacial score (nSPS) is 18.7. The third-order valence-corrected chi connectivity index (χ3v) is 4.65. The molecule has 6 nitrogen and oxygen atoms in total. The van der Waals surface area contributed by atoms with E-state index >= 15 is 0 Å². The van der Waals surface area contributed by atoms with Crippen LogP contribution in [-0.2, 0) is 14.8 Å². The number of carbonyl (C=O) groups excluding carboxylic acids is 1. The van der Waals surface area contributed by atoms with Gasteiger partial charge in [-0.15, -0.1) is 0 Å². The molecule has 1 unspecified atom stereocenters. The van der Waals surface area contributed by atoms with E-state index in [0.29, 0.717) is 13.2 Å². The van der Waals surface area contributed by atoms with Crippen LogP contribution < -0.4 is 10.5 Å². The van der Waals surface area contributed by atoms with Gasteiger partial charge in [0, 0.05) is 23.7 Å². The molecule has 1 saturated heterocycles. The Balaban J connectivity index is 2.22. The van der Waals surface area contributed by atoms with E-state index in [1.807, 2.05) is 0 Å². The van der Waals surface area contributed by atoms with E-state index in [1.165, 1.54) is 19.1 Å². The number of nitrogens with one attached hydrogen (secondary N) is 1. The number of carbonyl (C=O) groups is 1. The lowest BCUT2D eigenvalue weighted by atomic mass is 10.1. The minimum atomic E-state index is -3.93. The molecule has 0 aromatic heterocycles. The third-order valence-electron chi connectivity index (χ3n) is 3.39. The van der Waals surface area contributed by atoms with Gasteiger partial charge in [-0.2, -0.15) is 0 Å². The van der Waals surface area contributed by atoms with Crippen LogP contribution in [0.2, 0.25) is 5.02 Å². The fourth-order valence-corrected chi connectivity index (χ4v) is 3.40. The van der Waals surface area contributed by atoms with Crippen molar-refractivity contribution in [3.8, 4) is 0 Å². The number of benzene rings is 1. The van der Waals surface area contributed by atoms with Crippen molar-refractivity contribution in [2.45, 2.75) is 30.8 Å². The molecule has 1 aliphatic rings. The monoisotopic (exact) mass is 332 g/mol. The van der Waals surface area contributed by atoms with Gasteiger partial charge < -0.3 is 10.1 Å². The summed E-state index contributed by atoms with van der Waals surface area (Å²) in [7, 11) is -3.93. The van der Waals surface area contributed by atoms with Crippen LogP contribution in [0.3, 0.4) is 0 Å². The highest BCUT2D eigenvalue weighted by Crippen LogP contribution is 2.23. The Hall–Kier alpha value is -1.15. The predicted molar refractivity (Wildman–Crippen MR) is 78.9 cm³/mol. The van der Waals surface area contributed by atoms with E-state index in [9.17, 15) is 13.2 Å². The van der Waals surface area contributed by atoms with Crippen LogP contribution in [0.5, 0.6) is 0 Å². The first-order valence-corrected chi connectivity index (χ1v) is 8.44. The SMILES string of the molecule is Cc1c(C(=O)NCC2CCCO2)cc(Cl)cc1S(N)(=O)=O. The average Bonchev–Trinajstić information content (AvgIpc) is 2.90. The van der Waals surface area contributed by atoms with Crippen molar-refractivity contribution in [2.75, 3.05) is 13.2 Å². The maximum atomic E-state index is 12.2. The Kier molecular flexibility index (Phi) is 4.88. The molecule has 0 spiro atoms. The second-order valence-electron chi connectivity index (χ2n) is 4.97. The Labute approximate surface area is 128 Å². The second-order valence-corrected chi connectivity index (χ2v) is 6.93. The first-order valence-electron chi connectivity index (χ1n) is 6.52. The number of halogens is 1. The topological polar surface area (TPSA) is 98.5 Å². The zero-order valence-corrected chi connectivity index (χ0v) is 13.1. The van der Waals surface area contributed by atoms with Crippen molar-refractivity contribution in [3.05, 3.63) is 28.3 Å². The van der Waals surface area contributed by atoms with Gasteiger partial charge in [0.2, 0.25) is 10.0 Å². The molecule has 3 N–H and O–H groups in total. The molecule has 0 aliphatic carbocycles. The van der Waals surface area contributed by atoms with E-state index in [1.54, 1.807) is 0 Å². The lowest BCUT2D eigenvalue weighted by Gasteiger charge is -2.14. The van der Waals surface area contributed by atoms with Gasteiger partial charge in [0.1, 0.15) is 0 Å². The molecule has 1 aromatic rings. The van der Waals surface area contributed by atoms with Crippen molar-refractivity contribution < 1.29 is 17.9 Å². The Bertz CT molecular complexity index is 654. The van der Waals surface area contributed by atoms with Gasteiger partial charge in [0.05, 0.1) is 11.0 Å². The standard InChI is InChI=1S/C13H17ClN2O4S/c1-8-11(5-9(14)6-12(8)21(15,18)19)13(17)16-7-10-3-2-4-20-10/h5-6,10H,2-4,7H2,1H3,(H,16,17)(H2,15,18,19). The van der Waals surface area contributed by atoms with Crippen LogP contribution in [0, 0.1) is 6.92 Å². The maximum absolute atomic E-state index is 12.2. The van der Waals surface area contributed by atoms with Crippen molar-refractivity contribution in [1.82, 2.24) is 5.32 Å². The molecule has 116 valence electrons. The lowest BCUT2D eigenvalue weighted by molar-refractivity contribution is 0.0857. The largest absolute Gasteiger partial charge is 0.376 e. The van der Waals surface area contributed by atoms with Crippen LogP contribution in [0.4, 0.5) is 0 Å². The molecular formula is C13H17ClN2O4S. The predicted octanol–water partition coefficient (Wildman–Crippen LogP) is 1.20. The summed E-state index contributed by atoms with van der Waals surface area (Å²) in [5.41, 5.74) is 0.483. The van der Waals surface area contributed by atoms with Crippen LogP contribution >= 0.6 is 11.6 Å². The summed E-state index contributed by atoms with van der Waals surface area (Å²) in [6.07, 6.45) is 1.88. The molecule has 1 fully saturated rings. The summed E-state index contributed by atoms with van der Waals surface area (Å²) in [6.45, 7) is 2.61. The Morgan fingerprint density at radius 2 is 2.24 bits per heavy atom. The van der Waals surface area contributed by atoms with Gasteiger partial charge in [-0.25, -0.2) is 13.6 Å². The molecule has 1 amide bonds. The summed E-state index contributed by atoms with van der Waals surface area (Å²) in [5.74, 6) is -0.393. The summed E-state index contributed by atoms with van der Waals surface area (Å²) in [6, 6.07) is 2.67. The molecule has 0 radical (unpaired) electrons. The zero-order valence-electron chi connectivity index (χ0n) is 11.6. The zero-order chi connectivity index (χ0) is 15.6. The molecule has 1 aromatic carbocycles. The fraction of sp³-hybridized carbons (Fsp3) is 0.462. The summed E-state index contributed by atoms with van der Waals surface area (Å²) < 4.78 is 28.4. The van der Waals surface area contributed by atoms with Gasteiger partial charge >= 0.3 is 0 Å². The van der Waals surface area contributed by atoms with Crippen LogP contribution in [0.1, 0.15) is 28.8 Å². The molecule has 8 heteroatoms. The minimum Gasteiger partial charge on any atom is -0.376 e. The molecule has 0 bridgehead atoms. The molecule has 1 aliphatic heterocycles. The van der Waals surface area contributed by atoms with Gasteiger partial charge in [-0.1, -0.05) is 11.6 Å². The summed E-state index contributed by atoms with van der Waals surface area (Å²) >= 11 is 5.87. The van der Waals surface area contributed by atoms with Crippen LogP contribution in [0.15, 0.2) is 17.0 Å². The number of hydrogen-bond donors (Lipinski definition) is 2. The highest BCUT2D eigenvalue weighted by atomic mass is 35.5. The summed E-state index contributed by atoms with van der Waals surface area (Å²) in [4.78, 5) is 12.1. The van der Waals surface area contributed by atoms with Crippen molar-refractivity contribution in [3.63, 3.8) is 0 Å². The van der Waals surface area contributed by atoms with Gasteiger partial charge in [-0.3, -0.25) is 4.79 Å². The van der Waals surface area contributed by atoms with E-state index < -0.39 is 15.9 Å². The quantitative estimate of drug-likeness (QED) is 0.865. The smallest absolute Gasteiger partial charge is 0.251 e. The summed E-state index contributed by atoms with van der Waals surface area (Å²) in [5, 5.41) is 8.01. The number of primary sulfonamides is 1. The average molecular weight is 333 g/mol. The highest BCUT2D eigenvalue weighted by molar-refractivity contribution is 7.89. The molecule has 0 saturated carbocycles. The Morgan fingerprint density at radius 3 is 2.81 bits per heavy atom. The van der Waals surface area contributed by atoms with Crippen LogP contribution in [-0.4, -0.2) is 33.6 Å². The van der Waals surface area contributed by atoms with Crippen molar-refractivity contribution in [1.29, 1.82) is 0 Å². The number of sulfonamides is 1. The van der Waals surface area contributed by atoms with Crippen molar-refractivity contribution >= 4 is 27.5 Å². The number of nitrogens with two attached hydrogens (primary N) is 1. The molecular weight excluding hydrogens is 316 g/mol. The van der Waals surface area contributed by atoms with E-state index in [4.69, 9.17) is 21.5 Å². The number of rotatable bonds is 4. The molecule has 1 heterocycles.